The van der Waals surface area contributed by atoms with Gasteiger partial charge in [0, 0.05) is 0 Å². The fourth-order valence-electron chi connectivity index (χ4n) is 1.34. The molecule has 1 atom stereocenters. The molecule has 0 heterocycles. The summed E-state index contributed by atoms with van der Waals surface area (Å²) in [5.41, 5.74) is 0.928. The summed E-state index contributed by atoms with van der Waals surface area (Å²) in [5, 5.41) is -0.690. The minimum Gasteiger partial charge on any atom is -0.285 e. The Labute approximate surface area is 84.5 Å². The van der Waals surface area contributed by atoms with Gasteiger partial charge in [-0.05, 0) is 18.4 Å². The van der Waals surface area contributed by atoms with Gasteiger partial charge in [-0.15, -0.1) is 0 Å². The van der Waals surface area contributed by atoms with Crippen LogP contribution in [0.3, 0.4) is 0 Å². The molecule has 1 aromatic rings. The molecule has 0 bridgehead atoms. The maximum Gasteiger partial charge on any atom is 0.268 e. The van der Waals surface area contributed by atoms with Crippen LogP contribution in [0.25, 0.3) is 0 Å². The second-order valence-electron chi connectivity index (χ2n) is 3.23. The first-order chi connectivity index (χ1) is 6.54. The smallest absolute Gasteiger partial charge is 0.268 e. The number of rotatable bonds is 4. The highest BCUT2D eigenvalue weighted by Gasteiger charge is 2.20. The molecule has 1 aromatic carbocycles. The lowest BCUT2D eigenvalue weighted by atomic mass is 10.1. The quantitative estimate of drug-likeness (QED) is 0.779. The molecule has 0 aliphatic carbocycles. The fraction of sp³-hybridized carbons (Fsp3) is 0.400. The molecule has 0 saturated carbocycles. The summed E-state index contributed by atoms with van der Waals surface area (Å²) in [6.07, 6.45) is 0.796. The SMILES string of the molecule is CCC(Cc1ccccc1)S(=O)(=O)O. The third kappa shape index (κ3) is 3.12. The van der Waals surface area contributed by atoms with Crippen LogP contribution in [0.5, 0.6) is 0 Å². The Morgan fingerprint density at radius 3 is 2.29 bits per heavy atom. The third-order valence-corrected chi connectivity index (χ3v) is 3.53. The van der Waals surface area contributed by atoms with E-state index in [1.54, 1.807) is 6.92 Å². The highest BCUT2D eigenvalue weighted by atomic mass is 32.2. The van der Waals surface area contributed by atoms with E-state index in [0.29, 0.717) is 12.8 Å². The lowest BCUT2D eigenvalue weighted by molar-refractivity contribution is 0.463. The van der Waals surface area contributed by atoms with Crippen LogP contribution in [0.2, 0.25) is 0 Å². The average molecular weight is 214 g/mol. The zero-order valence-electron chi connectivity index (χ0n) is 8.05. The van der Waals surface area contributed by atoms with E-state index < -0.39 is 15.4 Å². The normalized spacial score (nSPS) is 13.9. The highest BCUT2D eigenvalue weighted by Crippen LogP contribution is 2.11. The molecular weight excluding hydrogens is 200 g/mol. The molecule has 0 aliphatic heterocycles. The van der Waals surface area contributed by atoms with Crippen molar-refractivity contribution in [1.29, 1.82) is 0 Å². The Morgan fingerprint density at radius 2 is 1.86 bits per heavy atom. The van der Waals surface area contributed by atoms with E-state index in [1.807, 2.05) is 30.3 Å². The third-order valence-electron chi connectivity index (χ3n) is 2.18. The van der Waals surface area contributed by atoms with Gasteiger partial charge in [-0.2, -0.15) is 8.42 Å². The van der Waals surface area contributed by atoms with E-state index in [1.165, 1.54) is 0 Å². The van der Waals surface area contributed by atoms with Crippen molar-refractivity contribution in [3.63, 3.8) is 0 Å². The predicted molar refractivity (Wildman–Crippen MR) is 55.8 cm³/mol. The highest BCUT2D eigenvalue weighted by molar-refractivity contribution is 7.86. The molecule has 0 aliphatic rings. The lowest BCUT2D eigenvalue weighted by Crippen LogP contribution is -2.22. The van der Waals surface area contributed by atoms with Crippen LogP contribution in [0.15, 0.2) is 30.3 Å². The molecule has 3 nitrogen and oxygen atoms in total. The molecule has 0 amide bonds. The van der Waals surface area contributed by atoms with Crippen LogP contribution in [-0.2, 0) is 16.5 Å². The van der Waals surface area contributed by atoms with Gasteiger partial charge in [0.25, 0.3) is 10.1 Å². The van der Waals surface area contributed by atoms with Crippen LogP contribution >= 0.6 is 0 Å². The summed E-state index contributed by atoms with van der Waals surface area (Å²) in [6, 6.07) is 9.29. The first-order valence-electron chi connectivity index (χ1n) is 4.54. The average Bonchev–Trinajstić information content (AvgIpc) is 2.14. The van der Waals surface area contributed by atoms with Gasteiger partial charge in [0.15, 0.2) is 0 Å². The van der Waals surface area contributed by atoms with Gasteiger partial charge >= 0.3 is 0 Å². The lowest BCUT2D eigenvalue weighted by Gasteiger charge is -2.10. The summed E-state index contributed by atoms with van der Waals surface area (Å²) >= 11 is 0. The zero-order valence-corrected chi connectivity index (χ0v) is 8.87. The van der Waals surface area contributed by atoms with E-state index in [2.05, 4.69) is 0 Å². The van der Waals surface area contributed by atoms with Crippen LogP contribution in [0.4, 0.5) is 0 Å². The number of benzene rings is 1. The van der Waals surface area contributed by atoms with E-state index in [4.69, 9.17) is 4.55 Å². The Morgan fingerprint density at radius 1 is 1.29 bits per heavy atom. The monoisotopic (exact) mass is 214 g/mol. The molecule has 0 spiro atoms. The van der Waals surface area contributed by atoms with E-state index in [-0.39, 0.29) is 0 Å². The second kappa shape index (κ2) is 4.57. The maximum absolute atomic E-state index is 10.9. The Kier molecular flexibility index (Phi) is 3.66. The molecule has 0 aromatic heterocycles. The van der Waals surface area contributed by atoms with Crippen LogP contribution in [0, 0.1) is 0 Å². The molecule has 0 radical (unpaired) electrons. The zero-order chi connectivity index (χ0) is 10.6. The fourth-order valence-corrected chi connectivity index (χ4v) is 2.16. The van der Waals surface area contributed by atoms with Crippen molar-refractivity contribution >= 4 is 10.1 Å². The second-order valence-corrected chi connectivity index (χ2v) is 4.93. The molecule has 1 rings (SSSR count). The molecule has 14 heavy (non-hydrogen) atoms. The summed E-state index contributed by atoms with van der Waals surface area (Å²) in [5.74, 6) is 0. The summed E-state index contributed by atoms with van der Waals surface area (Å²) in [7, 11) is -3.91. The molecule has 0 fully saturated rings. The Bertz CT molecular complexity index is 370. The van der Waals surface area contributed by atoms with Gasteiger partial charge in [0.1, 0.15) is 0 Å². The molecule has 0 saturated heterocycles. The summed E-state index contributed by atoms with van der Waals surface area (Å²) in [4.78, 5) is 0. The van der Waals surface area contributed by atoms with Gasteiger partial charge in [-0.25, -0.2) is 0 Å². The van der Waals surface area contributed by atoms with Crippen molar-refractivity contribution in [1.82, 2.24) is 0 Å². The van der Waals surface area contributed by atoms with Crippen molar-refractivity contribution in [3.8, 4) is 0 Å². The standard InChI is InChI=1S/C10H14O3S/c1-2-10(14(11,12)13)8-9-6-4-3-5-7-9/h3-7,10H,2,8H2,1H3,(H,11,12,13). The van der Waals surface area contributed by atoms with Gasteiger partial charge in [-0.1, -0.05) is 37.3 Å². The van der Waals surface area contributed by atoms with E-state index in [0.717, 1.165) is 5.56 Å². The predicted octanol–water partition coefficient (Wildman–Crippen LogP) is 1.90. The van der Waals surface area contributed by atoms with Gasteiger partial charge in [0.05, 0.1) is 5.25 Å². The van der Waals surface area contributed by atoms with Gasteiger partial charge in [-0.3, -0.25) is 4.55 Å². The van der Waals surface area contributed by atoms with Crippen LogP contribution in [-0.4, -0.2) is 18.2 Å². The van der Waals surface area contributed by atoms with Crippen molar-refractivity contribution in [3.05, 3.63) is 35.9 Å². The van der Waals surface area contributed by atoms with Crippen LogP contribution in [0.1, 0.15) is 18.9 Å². The summed E-state index contributed by atoms with van der Waals surface area (Å²) in [6.45, 7) is 1.75. The Balaban J connectivity index is 2.77. The molecule has 4 heteroatoms. The molecular formula is C10H14O3S. The molecule has 1 N–H and O–H groups in total. The maximum atomic E-state index is 10.9. The number of hydrogen-bond acceptors (Lipinski definition) is 2. The largest absolute Gasteiger partial charge is 0.285 e. The van der Waals surface area contributed by atoms with E-state index >= 15 is 0 Å². The topological polar surface area (TPSA) is 54.4 Å². The first-order valence-corrected chi connectivity index (χ1v) is 6.04. The first kappa shape index (κ1) is 11.2. The van der Waals surface area contributed by atoms with Crippen molar-refractivity contribution in [2.24, 2.45) is 0 Å². The van der Waals surface area contributed by atoms with Crippen molar-refractivity contribution in [2.75, 3.05) is 0 Å². The minimum absolute atomic E-state index is 0.371. The number of hydrogen-bond donors (Lipinski definition) is 1. The van der Waals surface area contributed by atoms with Crippen molar-refractivity contribution < 1.29 is 13.0 Å². The van der Waals surface area contributed by atoms with Crippen LogP contribution < -0.4 is 0 Å². The van der Waals surface area contributed by atoms with E-state index in [9.17, 15) is 8.42 Å². The molecule has 78 valence electrons. The minimum atomic E-state index is -3.91. The molecule has 1 unspecified atom stereocenters. The Hall–Kier alpha value is -0.870. The van der Waals surface area contributed by atoms with Crippen molar-refractivity contribution in [2.45, 2.75) is 25.0 Å². The summed E-state index contributed by atoms with van der Waals surface area (Å²) < 4.78 is 30.8. The van der Waals surface area contributed by atoms with Gasteiger partial charge in [0.2, 0.25) is 0 Å². The van der Waals surface area contributed by atoms with Gasteiger partial charge < -0.3 is 0 Å².